The van der Waals surface area contributed by atoms with Crippen LogP contribution in [0.15, 0.2) is 24.3 Å². The molecule has 0 saturated heterocycles. The van der Waals surface area contributed by atoms with Crippen molar-refractivity contribution >= 4 is 0 Å². The van der Waals surface area contributed by atoms with E-state index in [1.165, 1.54) is 44.1 Å². The van der Waals surface area contributed by atoms with Crippen molar-refractivity contribution in [1.82, 2.24) is 0 Å². The second-order valence-electron chi connectivity index (χ2n) is 5.89. The van der Waals surface area contributed by atoms with Crippen LogP contribution in [0.2, 0.25) is 0 Å². The summed E-state index contributed by atoms with van der Waals surface area (Å²) in [5, 5.41) is 0. The first-order valence-corrected chi connectivity index (χ1v) is 7.66. The molecule has 2 heteroatoms. The fraction of sp³-hybridized carbons (Fsp3) is 0.647. The quantitative estimate of drug-likeness (QED) is 0.842. The lowest BCUT2D eigenvalue weighted by atomic mass is 9.84. The summed E-state index contributed by atoms with van der Waals surface area (Å²) in [6.07, 6.45) is 10.5. The smallest absolute Gasteiger partial charge is 0.118 e. The van der Waals surface area contributed by atoms with Crippen LogP contribution in [0.3, 0.4) is 0 Å². The number of ether oxygens (including phenoxy) is 1. The number of rotatable bonds is 6. The van der Waals surface area contributed by atoms with E-state index in [1.54, 1.807) is 7.11 Å². The molecule has 1 atom stereocenters. The fourth-order valence-electron chi connectivity index (χ4n) is 3.11. The Morgan fingerprint density at radius 1 is 1.16 bits per heavy atom. The van der Waals surface area contributed by atoms with Gasteiger partial charge in [-0.1, -0.05) is 44.2 Å². The molecule has 1 unspecified atom stereocenters. The van der Waals surface area contributed by atoms with E-state index in [2.05, 4.69) is 12.1 Å². The maximum atomic E-state index is 6.28. The minimum absolute atomic E-state index is 0.366. The predicted octanol–water partition coefficient (Wildman–Crippen LogP) is 3.93. The number of hydrogen-bond donors (Lipinski definition) is 1. The second kappa shape index (κ2) is 7.54. The van der Waals surface area contributed by atoms with Crippen molar-refractivity contribution in [3.05, 3.63) is 29.8 Å². The molecule has 0 spiro atoms. The lowest BCUT2D eigenvalue weighted by Crippen LogP contribution is -2.25. The van der Waals surface area contributed by atoms with Crippen molar-refractivity contribution in [2.75, 3.05) is 7.11 Å². The van der Waals surface area contributed by atoms with Gasteiger partial charge in [0.05, 0.1) is 7.11 Å². The summed E-state index contributed by atoms with van der Waals surface area (Å²) in [7, 11) is 1.70. The van der Waals surface area contributed by atoms with Crippen molar-refractivity contribution in [3.63, 3.8) is 0 Å². The molecule has 106 valence electrons. The first-order chi connectivity index (χ1) is 9.28. The molecular weight excluding hydrogens is 234 g/mol. The van der Waals surface area contributed by atoms with Gasteiger partial charge in [0, 0.05) is 6.04 Å². The standard InChI is InChI=1S/C17H27NO/c1-19-17-11-8-14(9-12-17)7-10-16(18)13-15-5-3-2-4-6-15/h8-9,11-12,15-16H,2-7,10,13,18H2,1H3. The van der Waals surface area contributed by atoms with E-state index in [4.69, 9.17) is 10.5 Å². The van der Waals surface area contributed by atoms with E-state index in [1.807, 2.05) is 12.1 Å². The normalized spacial score (nSPS) is 18.2. The molecule has 1 aromatic carbocycles. The van der Waals surface area contributed by atoms with Crippen LogP contribution in [-0.2, 0) is 6.42 Å². The molecule has 0 aliphatic heterocycles. The maximum Gasteiger partial charge on any atom is 0.118 e. The fourth-order valence-corrected chi connectivity index (χ4v) is 3.11. The zero-order valence-corrected chi connectivity index (χ0v) is 12.1. The monoisotopic (exact) mass is 261 g/mol. The average Bonchev–Trinajstić information content (AvgIpc) is 2.47. The zero-order chi connectivity index (χ0) is 13.5. The van der Waals surface area contributed by atoms with Crippen molar-refractivity contribution in [3.8, 4) is 5.75 Å². The zero-order valence-electron chi connectivity index (χ0n) is 12.1. The van der Waals surface area contributed by atoms with Gasteiger partial charge in [-0.3, -0.25) is 0 Å². The Balaban J connectivity index is 1.71. The van der Waals surface area contributed by atoms with Crippen molar-refractivity contribution in [2.45, 2.75) is 57.4 Å². The summed E-state index contributed by atoms with van der Waals surface area (Å²) in [6.45, 7) is 0. The Morgan fingerprint density at radius 2 is 1.84 bits per heavy atom. The van der Waals surface area contributed by atoms with Crippen molar-refractivity contribution in [1.29, 1.82) is 0 Å². The summed E-state index contributed by atoms with van der Waals surface area (Å²) in [5.74, 6) is 1.81. The third-order valence-corrected chi connectivity index (χ3v) is 4.32. The van der Waals surface area contributed by atoms with Crippen LogP contribution in [0.5, 0.6) is 5.75 Å². The van der Waals surface area contributed by atoms with Gasteiger partial charge in [0.2, 0.25) is 0 Å². The highest BCUT2D eigenvalue weighted by molar-refractivity contribution is 5.27. The molecular formula is C17H27NO. The highest BCUT2D eigenvalue weighted by Gasteiger charge is 2.16. The van der Waals surface area contributed by atoms with Crippen LogP contribution in [0, 0.1) is 5.92 Å². The SMILES string of the molecule is COc1ccc(CCC(N)CC2CCCCC2)cc1. The number of benzene rings is 1. The number of aryl methyl sites for hydroxylation is 1. The van der Waals surface area contributed by atoms with Gasteiger partial charge in [-0.15, -0.1) is 0 Å². The number of nitrogens with two attached hydrogens (primary N) is 1. The summed E-state index contributed by atoms with van der Waals surface area (Å²) >= 11 is 0. The van der Waals surface area contributed by atoms with Gasteiger partial charge >= 0.3 is 0 Å². The molecule has 0 radical (unpaired) electrons. The predicted molar refractivity (Wildman–Crippen MR) is 80.5 cm³/mol. The van der Waals surface area contributed by atoms with Crippen LogP contribution < -0.4 is 10.5 Å². The van der Waals surface area contributed by atoms with Crippen LogP contribution in [-0.4, -0.2) is 13.2 Å². The van der Waals surface area contributed by atoms with Crippen LogP contribution in [0.1, 0.15) is 50.5 Å². The minimum atomic E-state index is 0.366. The Kier molecular flexibility index (Phi) is 5.71. The summed E-state index contributed by atoms with van der Waals surface area (Å²) in [6, 6.07) is 8.72. The van der Waals surface area contributed by atoms with Crippen molar-refractivity contribution in [2.24, 2.45) is 11.7 Å². The number of methoxy groups -OCH3 is 1. The lowest BCUT2D eigenvalue weighted by molar-refractivity contribution is 0.312. The van der Waals surface area contributed by atoms with E-state index < -0.39 is 0 Å². The second-order valence-corrected chi connectivity index (χ2v) is 5.89. The van der Waals surface area contributed by atoms with Gasteiger partial charge in [-0.2, -0.15) is 0 Å². The van der Waals surface area contributed by atoms with E-state index in [0.29, 0.717) is 6.04 Å². The summed E-state index contributed by atoms with van der Waals surface area (Å²) in [5.41, 5.74) is 7.64. The highest BCUT2D eigenvalue weighted by atomic mass is 16.5. The molecule has 0 aromatic heterocycles. The lowest BCUT2D eigenvalue weighted by Gasteiger charge is -2.24. The van der Waals surface area contributed by atoms with Gasteiger partial charge in [0.25, 0.3) is 0 Å². The van der Waals surface area contributed by atoms with E-state index in [0.717, 1.165) is 24.5 Å². The van der Waals surface area contributed by atoms with Gasteiger partial charge in [-0.25, -0.2) is 0 Å². The molecule has 0 bridgehead atoms. The average molecular weight is 261 g/mol. The largest absolute Gasteiger partial charge is 0.497 e. The van der Waals surface area contributed by atoms with Crippen LogP contribution in [0.25, 0.3) is 0 Å². The summed E-state index contributed by atoms with van der Waals surface area (Å²) < 4.78 is 5.17. The molecule has 0 amide bonds. The third-order valence-electron chi connectivity index (χ3n) is 4.32. The van der Waals surface area contributed by atoms with Gasteiger partial charge in [-0.05, 0) is 42.9 Å². The molecule has 1 saturated carbocycles. The van der Waals surface area contributed by atoms with Crippen LogP contribution >= 0.6 is 0 Å². The molecule has 2 nitrogen and oxygen atoms in total. The molecule has 19 heavy (non-hydrogen) atoms. The van der Waals surface area contributed by atoms with Gasteiger partial charge in [0.1, 0.15) is 5.75 Å². The minimum Gasteiger partial charge on any atom is -0.497 e. The van der Waals surface area contributed by atoms with E-state index >= 15 is 0 Å². The molecule has 2 N–H and O–H groups in total. The Morgan fingerprint density at radius 3 is 2.47 bits per heavy atom. The molecule has 1 aliphatic carbocycles. The molecule has 1 aliphatic rings. The highest BCUT2D eigenvalue weighted by Crippen LogP contribution is 2.27. The molecule has 1 aromatic rings. The molecule has 1 fully saturated rings. The Hall–Kier alpha value is -1.02. The van der Waals surface area contributed by atoms with Crippen LogP contribution in [0.4, 0.5) is 0 Å². The topological polar surface area (TPSA) is 35.2 Å². The first kappa shape index (κ1) is 14.4. The van der Waals surface area contributed by atoms with E-state index in [-0.39, 0.29) is 0 Å². The molecule has 0 heterocycles. The van der Waals surface area contributed by atoms with E-state index in [9.17, 15) is 0 Å². The van der Waals surface area contributed by atoms with Gasteiger partial charge < -0.3 is 10.5 Å². The summed E-state index contributed by atoms with van der Waals surface area (Å²) in [4.78, 5) is 0. The third kappa shape index (κ3) is 4.87. The Labute approximate surface area is 117 Å². The first-order valence-electron chi connectivity index (χ1n) is 7.66. The van der Waals surface area contributed by atoms with Crippen molar-refractivity contribution < 1.29 is 4.74 Å². The maximum absolute atomic E-state index is 6.28. The van der Waals surface area contributed by atoms with Gasteiger partial charge in [0.15, 0.2) is 0 Å². The molecule has 2 rings (SSSR count). The Bertz CT molecular complexity index is 354. The number of hydrogen-bond acceptors (Lipinski definition) is 2.